The number of nitrogens with one attached hydrogen (secondary N) is 1. The highest BCUT2D eigenvalue weighted by Gasteiger charge is 2.23. The standard InChI is InChI=1S/C15H20Cl2FN/c16-8-11-4-1-2-5-12(11)9-19-10-13-6-3-7-14(17)15(13)18/h3,6-7,11-12,19H,1-2,4-5,8-10H2. The van der Waals surface area contributed by atoms with Crippen LogP contribution in [0.1, 0.15) is 31.2 Å². The van der Waals surface area contributed by atoms with E-state index in [9.17, 15) is 4.39 Å². The zero-order valence-electron chi connectivity index (χ0n) is 11.0. The molecule has 106 valence electrons. The van der Waals surface area contributed by atoms with Crippen LogP contribution < -0.4 is 5.32 Å². The lowest BCUT2D eigenvalue weighted by molar-refractivity contribution is 0.250. The fourth-order valence-electron chi connectivity index (χ4n) is 2.83. The van der Waals surface area contributed by atoms with Crippen LogP contribution in [0.15, 0.2) is 18.2 Å². The third kappa shape index (κ3) is 4.08. The van der Waals surface area contributed by atoms with Gasteiger partial charge in [-0.05, 0) is 37.3 Å². The zero-order valence-corrected chi connectivity index (χ0v) is 12.5. The van der Waals surface area contributed by atoms with Gasteiger partial charge in [0.05, 0.1) is 5.02 Å². The quantitative estimate of drug-likeness (QED) is 0.783. The smallest absolute Gasteiger partial charge is 0.146 e. The molecule has 0 spiro atoms. The first-order valence-electron chi connectivity index (χ1n) is 6.92. The molecule has 1 aliphatic carbocycles. The minimum atomic E-state index is -0.311. The minimum absolute atomic E-state index is 0.190. The van der Waals surface area contributed by atoms with Crippen molar-refractivity contribution in [3.05, 3.63) is 34.6 Å². The number of rotatable bonds is 5. The molecule has 1 aliphatic rings. The van der Waals surface area contributed by atoms with Crippen LogP contribution in [0.5, 0.6) is 0 Å². The van der Waals surface area contributed by atoms with Gasteiger partial charge in [0.2, 0.25) is 0 Å². The van der Waals surface area contributed by atoms with Crippen LogP contribution in [0.2, 0.25) is 5.02 Å². The molecular formula is C15H20Cl2FN. The van der Waals surface area contributed by atoms with Crippen LogP contribution in [-0.2, 0) is 6.54 Å². The van der Waals surface area contributed by atoms with Gasteiger partial charge in [-0.1, -0.05) is 36.6 Å². The van der Waals surface area contributed by atoms with E-state index in [1.165, 1.54) is 25.7 Å². The van der Waals surface area contributed by atoms with E-state index < -0.39 is 0 Å². The number of hydrogen-bond acceptors (Lipinski definition) is 1. The van der Waals surface area contributed by atoms with E-state index in [1.807, 2.05) is 0 Å². The maximum absolute atomic E-state index is 13.7. The van der Waals surface area contributed by atoms with E-state index in [0.717, 1.165) is 12.4 Å². The average Bonchev–Trinajstić information content (AvgIpc) is 2.44. The maximum atomic E-state index is 13.7. The third-order valence-corrected chi connectivity index (χ3v) is 4.71. The summed E-state index contributed by atoms with van der Waals surface area (Å²) in [7, 11) is 0. The number of benzene rings is 1. The van der Waals surface area contributed by atoms with Crippen molar-refractivity contribution >= 4 is 23.2 Å². The fourth-order valence-corrected chi connectivity index (χ4v) is 3.43. The first-order chi connectivity index (χ1) is 9.22. The van der Waals surface area contributed by atoms with E-state index in [-0.39, 0.29) is 10.8 Å². The Kier molecular flexibility index (Phi) is 5.93. The average molecular weight is 304 g/mol. The fraction of sp³-hybridized carbons (Fsp3) is 0.600. The Morgan fingerprint density at radius 1 is 1.21 bits per heavy atom. The van der Waals surface area contributed by atoms with Gasteiger partial charge < -0.3 is 5.32 Å². The summed E-state index contributed by atoms with van der Waals surface area (Å²) in [5.74, 6) is 1.65. The Balaban J connectivity index is 1.84. The molecular weight excluding hydrogens is 284 g/mol. The van der Waals surface area contributed by atoms with E-state index in [0.29, 0.717) is 23.9 Å². The van der Waals surface area contributed by atoms with Crippen LogP contribution in [0, 0.1) is 17.7 Å². The van der Waals surface area contributed by atoms with Crippen molar-refractivity contribution in [2.75, 3.05) is 12.4 Å². The lowest BCUT2D eigenvalue weighted by Crippen LogP contribution is -2.31. The second-order valence-electron chi connectivity index (χ2n) is 5.30. The first kappa shape index (κ1) is 15.1. The summed E-state index contributed by atoms with van der Waals surface area (Å²) < 4.78 is 13.7. The molecule has 0 aromatic heterocycles. The predicted molar refractivity (Wildman–Crippen MR) is 79.3 cm³/mol. The van der Waals surface area contributed by atoms with Crippen molar-refractivity contribution in [2.24, 2.45) is 11.8 Å². The highest BCUT2D eigenvalue weighted by Crippen LogP contribution is 2.30. The Hall–Kier alpha value is -0.310. The maximum Gasteiger partial charge on any atom is 0.146 e. The predicted octanol–water partition coefficient (Wildman–Crippen LogP) is 4.61. The summed E-state index contributed by atoms with van der Waals surface area (Å²) in [6.45, 7) is 1.43. The molecule has 1 nitrogen and oxygen atoms in total. The Morgan fingerprint density at radius 2 is 1.95 bits per heavy atom. The van der Waals surface area contributed by atoms with Crippen LogP contribution in [0.4, 0.5) is 4.39 Å². The van der Waals surface area contributed by atoms with Crippen molar-refractivity contribution in [1.29, 1.82) is 0 Å². The molecule has 0 saturated heterocycles. The highest BCUT2D eigenvalue weighted by atomic mass is 35.5. The minimum Gasteiger partial charge on any atom is -0.312 e. The molecule has 1 saturated carbocycles. The van der Waals surface area contributed by atoms with E-state index in [1.54, 1.807) is 18.2 Å². The molecule has 4 heteroatoms. The molecule has 1 N–H and O–H groups in total. The topological polar surface area (TPSA) is 12.0 Å². The van der Waals surface area contributed by atoms with Crippen molar-refractivity contribution in [3.63, 3.8) is 0 Å². The number of halogens is 3. The summed E-state index contributed by atoms with van der Waals surface area (Å²) >= 11 is 11.8. The lowest BCUT2D eigenvalue weighted by atomic mass is 9.80. The molecule has 2 rings (SSSR count). The Labute approximate surface area is 124 Å². The normalized spacial score (nSPS) is 23.5. The van der Waals surface area contributed by atoms with Gasteiger partial charge in [0.15, 0.2) is 0 Å². The summed E-state index contributed by atoms with van der Waals surface area (Å²) in [5, 5.41) is 3.54. The summed E-state index contributed by atoms with van der Waals surface area (Å²) in [6, 6.07) is 5.13. The van der Waals surface area contributed by atoms with E-state index in [2.05, 4.69) is 5.32 Å². The summed E-state index contributed by atoms with van der Waals surface area (Å²) in [6.07, 6.45) is 5.02. The van der Waals surface area contributed by atoms with Gasteiger partial charge in [0.25, 0.3) is 0 Å². The molecule has 2 atom stereocenters. The van der Waals surface area contributed by atoms with Gasteiger partial charge >= 0.3 is 0 Å². The summed E-state index contributed by atoms with van der Waals surface area (Å²) in [4.78, 5) is 0. The molecule has 1 aromatic carbocycles. The zero-order chi connectivity index (χ0) is 13.7. The van der Waals surface area contributed by atoms with Crippen molar-refractivity contribution < 1.29 is 4.39 Å². The van der Waals surface area contributed by atoms with Crippen molar-refractivity contribution in [1.82, 2.24) is 5.32 Å². The van der Waals surface area contributed by atoms with Gasteiger partial charge in [-0.15, -0.1) is 11.6 Å². The van der Waals surface area contributed by atoms with Gasteiger partial charge in [-0.2, -0.15) is 0 Å². The molecule has 0 radical (unpaired) electrons. The Morgan fingerprint density at radius 3 is 2.68 bits per heavy atom. The lowest BCUT2D eigenvalue weighted by Gasteiger charge is -2.30. The third-order valence-electron chi connectivity index (χ3n) is 4.02. The second kappa shape index (κ2) is 7.47. The van der Waals surface area contributed by atoms with Crippen molar-refractivity contribution in [2.45, 2.75) is 32.2 Å². The molecule has 19 heavy (non-hydrogen) atoms. The van der Waals surface area contributed by atoms with Crippen LogP contribution in [-0.4, -0.2) is 12.4 Å². The molecule has 0 aliphatic heterocycles. The molecule has 1 aromatic rings. The number of alkyl halides is 1. The van der Waals surface area contributed by atoms with E-state index in [4.69, 9.17) is 23.2 Å². The Bertz CT molecular complexity index is 411. The van der Waals surface area contributed by atoms with Crippen molar-refractivity contribution in [3.8, 4) is 0 Å². The van der Waals surface area contributed by atoms with Gasteiger partial charge in [-0.25, -0.2) is 4.39 Å². The summed E-state index contributed by atoms with van der Waals surface area (Å²) in [5.41, 5.74) is 0.630. The second-order valence-corrected chi connectivity index (χ2v) is 6.02. The molecule has 0 amide bonds. The molecule has 1 fully saturated rings. The van der Waals surface area contributed by atoms with Gasteiger partial charge in [0.1, 0.15) is 5.82 Å². The van der Waals surface area contributed by atoms with Gasteiger partial charge in [0, 0.05) is 18.0 Å². The SMILES string of the molecule is Fc1c(Cl)cccc1CNCC1CCCCC1CCl. The molecule has 0 heterocycles. The number of hydrogen-bond donors (Lipinski definition) is 1. The monoisotopic (exact) mass is 303 g/mol. The van der Waals surface area contributed by atoms with Gasteiger partial charge in [-0.3, -0.25) is 0 Å². The van der Waals surface area contributed by atoms with Crippen LogP contribution >= 0.6 is 23.2 Å². The van der Waals surface area contributed by atoms with Crippen LogP contribution in [0.25, 0.3) is 0 Å². The molecule has 2 unspecified atom stereocenters. The molecule has 0 bridgehead atoms. The van der Waals surface area contributed by atoms with E-state index >= 15 is 0 Å². The highest BCUT2D eigenvalue weighted by molar-refractivity contribution is 6.30. The van der Waals surface area contributed by atoms with Crippen LogP contribution in [0.3, 0.4) is 0 Å². The largest absolute Gasteiger partial charge is 0.312 e. The first-order valence-corrected chi connectivity index (χ1v) is 7.83.